The molecule has 0 radical (unpaired) electrons. The predicted molar refractivity (Wildman–Crippen MR) is 242 cm³/mol. The van der Waals surface area contributed by atoms with Gasteiger partial charge < -0.3 is 9.80 Å². The van der Waals surface area contributed by atoms with Crippen molar-refractivity contribution in [3.63, 3.8) is 0 Å². The number of fused-ring (bicyclic) bond motifs is 4. The van der Waals surface area contributed by atoms with Crippen LogP contribution in [-0.2, 0) is 0 Å². The SMILES string of the molecule is c1ccc(-c2ccc(N3c4ccccc4B4c5ccccc5N(c5cc(-c6ccccc6)c(-c6ccccc6)c(-c6ccccc6)c5)c5cccc3c54)cc2)cc1. The maximum absolute atomic E-state index is 2.52. The van der Waals surface area contributed by atoms with E-state index in [1.807, 2.05) is 0 Å². The Labute approximate surface area is 334 Å². The van der Waals surface area contributed by atoms with Gasteiger partial charge in [0.25, 0.3) is 6.71 Å². The smallest absolute Gasteiger partial charge is 0.252 e. The molecule has 57 heavy (non-hydrogen) atoms. The first-order chi connectivity index (χ1) is 28.3. The molecule has 2 aliphatic rings. The maximum Gasteiger partial charge on any atom is 0.252 e. The molecule has 0 saturated heterocycles. The molecule has 11 rings (SSSR count). The summed E-state index contributed by atoms with van der Waals surface area (Å²) in [5.41, 5.74) is 20.7. The summed E-state index contributed by atoms with van der Waals surface area (Å²) in [7, 11) is 0. The Morgan fingerprint density at radius 3 is 1.18 bits per heavy atom. The fourth-order valence-corrected chi connectivity index (χ4v) is 9.19. The molecule has 0 aliphatic carbocycles. The predicted octanol–water partition coefficient (Wildman–Crippen LogP) is 12.4. The summed E-state index contributed by atoms with van der Waals surface area (Å²) in [6.07, 6.45) is 0. The zero-order valence-corrected chi connectivity index (χ0v) is 31.3. The summed E-state index contributed by atoms with van der Waals surface area (Å²) in [6.45, 7) is 0.0745. The number of nitrogens with zero attached hydrogens (tertiary/aromatic N) is 2. The highest BCUT2D eigenvalue weighted by atomic mass is 15.2. The van der Waals surface area contributed by atoms with E-state index in [0.29, 0.717) is 0 Å². The second kappa shape index (κ2) is 13.7. The van der Waals surface area contributed by atoms with E-state index in [-0.39, 0.29) is 6.71 Å². The van der Waals surface area contributed by atoms with Crippen molar-refractivity contribution in [1.82, 2.24) is 0 Å². The molecular weight excluding hydrogens is 687 g/mol. The topological polar surface area (TPSA) is 6.48 Å². The monoisotopic (exact) mass is 724 g/mol. The summed E-state index contributed by atoms with van der Waals surface area (Å²) in [5.74, 6) is 0. The van der Waals surface area contributed by atoms with Crippen LogP contribution in [0.4, 0.5) is 34.1 Å². The molecule has 2 aliphatic heterocycles. The Hall–Kier alpha value is -7.36. The Bertz CT molecular complexity index is 2830. The fraction of sp³-hybridized carbons (Fsp3) is 0. The van der Waals surface area contributed by atoms with Gasteiger partial charge in [0.2, 0.25) is 0 Å². The Balaban J connectivity index is 1.17. The second-order valence-corrected chi connectivity index (χ2v) is 14.9. The normalized spacial score (nSPS) is 12.5. The van der Waals surface area contributed by atoms with Gasteiger partial charge in [0.1, 0.15) is 0 Å². The highest BCUT2D eigenvalue weighted by molar-refractivity contribution is 7.00. The number of anilines is 6. The van der Waals surface area contributed by atoms with E-state index in [4.69, 9.17) is 0 Å². The van der Waals surface area contributed by atoms with Gasteiger partial charge in [0.15, 0.2) is 0 Å². The largest absolute Gasteiger partial charge is 0.311 e. The third-order valence-electron chi connectivity index (χ3n) is 11.7. The van der Waals surface area contributed by atoms with Gasteiger partial charge in [-0.05, 0) is 109 Å². The minimum Gasteiger partial charge on any atom is -0.311 e. The van der Waals surface area contributed by atoms with Crippen molar-refractivity contribution in [3.05, 3.63) is 224 Å². The molecule has 9 aromatic rings. The highest BCUT2D eigenvalue weighted by Crippen LogP contribution is 2.48. The van der Waals surface area contributed by atoms with Crippen molar-refractivity contribution in [2.24, 2.45) is 0 Å². The quantitative estimate of drug-likeness (QED) is 0.158. The Kier molecular flexibility index (Phi) is 7.96. The van der Waals surface area contributed by atoms with E-state index in [1.165, 1.54) is 83.6 Å². The van der Waals surface area contributed by atoms with Crippen molar-refractivity contribution in [1.29, 1.82) is 0 Å². The Morgan fingerprint density at radius 1 is 0.281 bits per heavy atom. The third-order valence-corrected chi connectivity index (χ3v) is 11.7. The molecule has 0 unspecified atom stereocenters. The van der Waals surface area contributed by atoms with Crippen LogP contribution in [-0.4, -0.2) is 6.71 Å². The fourth-order valence-electron chi connectivity index (χ4n) is 9.19. The van der Waals surface area contributed by atoms with Crippen LogP contribution in [0.25, 0.3) is 44.5 Å². The minimum atomic E-state index is 0.0745. The minimum absolute atomic E-state index is 0.0745. The maximum atomic E-state index is 2.52. The van der Waals surface area contributed by atoms with Crippen LogP contribution in [0.2, 0.25) is 0 Å². The number of para-hydroxylation sites is 2. The summed E-state index contributed by atoms with van der Waals surface area (Å²) < 4.78 is 0. The van der Waals surface area contributed by atoms with Crippen molar-refractivity contribution in [3.8, 4) is 44.5 Å². The van der Waals surface area contributed by atoms with E-state index in [9.17, 15) is 0 Å². The van der Waals surface area contributed by atoms with Crippen molar-refractivity contribution in [2.45, 2.75) is 0 Å². The summed E-state index contributed by atoms with van der Waals surface area (Å²) in [5, 5.41) is 0. The van der Waals surface area contributed by atoms with Crippen LogP contribution in [0, 0.1) is 0 Å². The van der Waals surface area contributed by atoms with Gasteiger partial charge in [-0.3, -0.25) is 0 Å². The van der Waals surface area contributed by atoms with Crippen LogP contribution >= 0.6 is 0 Å². The first-order valence-electron chi connectivity index (χ1n) is 19.7. The molecule has 0 atom stereocenters. The standard InChI is InChI=1S/C54H37BN2/c1-5-18-38(19-6-1)39-32-34-43(35-33-39)56-49-28-15-13-26-47(49)55-48-27-14-16-29-50(48)57(52-31-17-30-51(56)54(52)55)44-36-45(40-20-7-2-8-21-40)53(42-24-11-4-12-25-42)46(37-44)41-22-9-3-10-23-41/h1-37H. The van der Waals surface area contributed by atoms with Crippen LogP contribution in [0.3, 0.4) is 0 Å². The molecule has 0 bridgehead atoms. The van der Waals surface area contributed by atoms with Gasteiger partial charge in [-0.15, -0.1) is 0 Å². The average molecular weight is 725 g/mol. The number of hydrogen-bond acceptors (Lipinski definition) is 2. The van der Waals surface area contributed by atoms with Crippen LogP contribution in [0.15, 0.2) is 224 Å². The lowest BCUT2D eigenvalue weighted by atomic mass is 9.33. The van der Waals surface area contributed by atoms with Gasteiger partial charge in [-0.1, -0.05) is 176 Å². The lowest BCUT2D eigenvalue weighted by Crippen LogP contribution is -2.61. The molecule has 0 fully saturated rings. The molecule has 0 spiro atoms. The summed E-state index contributed by atoms with van der Waals surface area (Å²) >= 11 is 0. The van der Waals surface area contributed by atoms with Crippen molar-refractivity contribution >= 4 is 57.2 Å². The Morgan fingerprint density at radius 2 is 0.667 bits per heavy atom. The molecule has 0 amide bonds. The number of benzene rings is 9. The van der Waals surface area contributed by atoms with Crippen molar-refractivity contribution < 1.29 is 0 Å². The van der Waals surface area contributed by atoms with Gasteiger partial charge in [-0.2, -0.15) is 0 Å². The van der Waals surface area contributed by atoms with Gasteiger partial charge in [-0.25, -0.2) is 0 Å². The lowest BCUT2D eigenvalue weighted by molar-refractivity contribution is 1.25. The van der Waals surface area contributed by atoms with Gasteiger partial charge in [0, 0.05) is 34.1 Å². The van der Waals surface area contributed by atoms with E-state index in [1.54, 1.807) is 0 Å². The molecular formula is C54H37BN2. The zero-order valence-electron chi connectivity index (χ0n) is 31.3. The number of rotatable bonds is 6. The number of hydrogen-bond donors (Lipinski definition) is 0. The molecule has 0 N–H and O–H groups in total. The molecule has 2 heterocycles. The van der Waals surface area contributed by atoms with E-state index >= 15 is 0 Å². The molecule has 0 aromatic heterocycles. The van der Waals surface area contributed by atoms with Crippen molar-refractivity contribution in [2.75, 3.05) is 9.80 Å². The summed E-state index contributed by atoms with van der Waals surface area (Å²) in [6, 6.07) is 82.0. The lowest BCUT2D eigenvalue weighted by Gasteiger charge is -2.44. The van der Waals surface area contributed by atoms with Crippen LogP contribution in [0.1, 0.15) is 0 Å². The van der Waals surface area contributed by atoms with Gasteiger partial charge in [0.05, 0.1) is 0 Å². The summed E-state index contributed by atoms with van der Waals surface area (Å²) in [4.78, 5) is 4.98. The molecule has 266 valence electrons. The third kappa shape index (κ3) is 5.51. The average Bonchev–Trinajstić information content (AvgIpc) is 3.30. The highest BCUT2D eigenvalue weighted by Gasteiger charge is 2.43. The van der Waals surface area contributed by atoms with E-state index < -0.39 is 0 Å². The molecule has 3 heteroatoms. The molecule has 0 saturated carbocycles. The first-order valence-corrected chi connectivity index (χ1v) is 19.7. The van der Waals surface area contributed by atoms with Crippen LogP contribution < -0.4 is 26.2 Å². The van der Waals surface area contributed by atoms with E-state index in [2.05, 4.69) is 234 Å². The van der Waals surface area contributed by atoms with Crippen LogP contribution in [0.5, 0.6) is 0 Å². The molecule has 9 aromatic carbocycles. The van der Waals surface area contributed by atoms with Gasteiger partial charge >= 0.3 is 0 Å². The first kappa shape index (κ1) is 33.0. The second-order valence-electron chi connectivity index (χ2n) is 14.9. The molecule has 2 nitrogen and oxygen atoms in total. The zero-order chi connectivity index (χ0) is 37.7. The van der Waals surface area contributed by atoms with E-state index in [0.717, 1.165) is 11.4 Å².